The smallest absolute Gasteiger partial charge is 0.305 e. The number of benzene rings is 1. The predicted molar refractivity (Wildman–Crippen MR) is 70.5 cm³/mol. The van der Waals surface area contributed by atoms with Crippen molar-refractivity contribution in [2.45, 2.75) is 25.3 Å². The van der Waals surface area contributed by atoms with Crippen molar-refractivity contribution < 1.29 is 14.7 Å². The molecule has 0 heterocycles. The second-order valence-corrected chi connectivity index (χ2v) is 5.30. The van der Waals surface area contributed by atoms with Crippen LogP contribution in [0.5, 0.6) is 0 Å². The van der Waals surface area contributed by atoms with Crippen LogP contribution in [0.2, 0.25) is 0 Å². The summed E-state index contributed by atoms with van der Waals surface area (Å²) in [5.41, 5.74) is 0.607. The van der Waals surface area contributed by atoms with Gasteiger partial charge in [0.2, 0.25) is 0 Å². The Morgan fingerprint density at radius 2 is 1.89 bits per heavy atom. The zero-order valence-electron chi connectivity index (χ0n) is 9.80. The fourth-order valence-electron chi connectivity index (χ4n) is 1.81. The fraction of sp³-hybridized carbons (Fsp3) is 0.385. The van der Waals surface area contributed by atoms with Gasteiger partial charge in [-0.2, -0.15) is 0 Å². The summed E-state index contributed by atoms with van der Waals surface area (Å²) < 4.78 is 0.919. The molecule has 0 spiro atoms. The van der Waals surface area contributed by atoms with E-state index >= 15 is 0 Å². The number of carboxylic acid groups (broad SMARTS) is 1. The van der Waals surface area contributed by atoms with E-state index in [9.17, 15) is 9.59 Å². The Bertz CT molecular complexity index is 454. The Kier molecular flexibility index (Phi) is 4.01. The first-order valence-electron chi connectivity index (χ1n) is 5.86. The molecule has 0 bridgehead atoms. The molecule has 1 N–H and O–H groups in total. The number of carbonyl (C=O) groups excluding carboxylic acids is 1. The maximum atomic E-state index is 12.3. The molecular formula is C13H14BrNO3. The average molecular weight is 312 g/mol. The molecule has 5 heteroatoms. The molecule has 1 amide bonds. The lowest BCUT2D eigenvalue weighted by atomic mass is 10.2. The van der Waals surface area contributed by atoms with Crippen molar-refractivity contribution in [1.82, 2.24) is 4.90 Å². The van der Waals surface area contributed by atoms with Crippen LogP contribution in [0, 0.1) is 0 Å². The zero-order chi connectivity index (χ0) is 13.1. The molecule has 1 saturated carbocycles. The molecule has 1 aliphatic carbocycles. The Balaban J connectivity index is 2.07. The van der Waals surface area contributed by atoms with Gasteiger partial charge in [-0.25, -0.2) is 0 Å². The molecule has 18 heavy (non-hydrogen) atoms. The second-order valence-electron chi connectivity index (χ2n) is 4.38. The molecule has 96 valence electrons. The van der Waals surface area contributed by atoms with Crippen molar-refractivity contribution in [3.8, 4) is 0 Å². The monoisotopic (exact) mass is 311 g/mol. The molecule has 0 saturated heterocycles. The first kappa shape index (κ1) is 13.1. The van der Waals surface area contributed by atoms with Crippen LogP contribution in [-0.2, 0) is 4.79 Å². The van der Waals surface area contributed by atoms with Crippen molar-refractivity contribution in [3.63, 3.8) is 0 Å². The van der Waals surface area contributed by atoms with Crippen LogP contribution in [-0.4, -0.2) is 34.5 Å². The summed E-state index contributed by atoms with van der Waals surface area (Å²) in [4.78, 5) is 24.6. The molecular weight excluding hydrogens is 298 g/mol. The molecule has 0 unspecified atom stereocenters. The minimum Gasteiger partial charge on any atom is -0.481 e. The average Bonchev–Trinajstić information content (AvgIpc) is 3.14. The minimum absolute atomic E-state index is 0.00122. The third-order valence-electron chi connectivity index (χ3n) is 2.91. The van der Waals surface area contributed by atoms with Gasteiger partial charge in [0.1, 0.15) is 0 Å². The van der Waals surface area contributed by atoms with Gasteiger partial charge in [-0.1, -0.05) is 15.9 Å². The summed E-state index contributed by atoms with van der Waals surface area (Å²) in [6.07, 6.45) is 1.95. The maximum Gasteiger partial charge on any atom is 0.305 e. The number of carboxylic acids is 1. The number of carbonyl (C=O) groups is 2. The predicted octanol–water partition coefficient (Wildman–Crippen LogP) is 2.53. The Hall–Kier alpha value is -1.36. The standard InChI is InChI=1S/C13H14BrNO3/c14-10-3-1-9(2-4-10)13(18)15(11-5-6-11)8-7-12(16)17/h1-4,11H,5-8H2,(H,16,17). The summed E-state index contributed by atoms with van der Waals surface area (Å²) in [7, 11) is 0. The highest BCUT2D eigenvalue weighted by Gasteiger charge is 2.33. The highest BCUT2D eigenvalue weighted by atomic mass is 79.9. The zero-order valence-corrected chi connectivity index (χ0v) is 11.4. The van der Waals surface area contributed by atoms with Crippen LogP contribution in [0.15, 0.2) is 28.7 Å². The Morgan fingerprint density at radius 3 is 2.39 bits per heavy atom. The van der Waals surface area contributed by atoms with Gasteiger partial charge < -0.3 is 10.0 Å². The third-order valence-corrected chi connectivity index (χ3v) is 3.43. The lowest BCUT2D eigenvalue weighted by Crippen LogP contribution is -2.34. The number of halogens is 1. The van der Waals surface area contributed by atoms with Crippen LogP contribution in [0.3, 0.4) is 0 Å². The van der Waals surface area contributed by atoms with E-state index in [1.54, 1.807) is 17.0 Å². The van der Waals surface area contributed by atoms with E-state index < -0.39 is 5.97 Å². The van der Waals surface area contributed by atoms with Crippen LogP contribution < -0.4 is 0 Å². The van der Waals surface area contributed by atoms with Crippen molar-refractivity contribution in [1.29, 1.82) is 0 Å². The quantitative estimate of drug-likeness (QED) is 0.909. The van der Waals surface area contributed by atoms with E-state index in [0.29, 0.717) is 5.56 Å². The molecule has 0 aromatic heterocycles. The number of nitrogens with zero attached hydrogens (tertiary/aromatic N) is 1. The molecule has 2 rings (SSSR count). The molecule has 1 aromatic rings. The molecule has 1 aliphatic rings. The Morgan fingerprint density at radius 1 is 1.28 bits per heavy atom. The van der Waals surface area contributed by atoms with Crippen molar-refractivity contribution in [3.05, 3.63) is 34.3 Å². The first-order valence-corrected chi connectivity index (χ1v) is 6.65. The van der Waals surface area contributed by atoms with E-state index in [0.717, 1.165) is 17.3 Å². The van der Waals surface area contributed by atoms with Gasteiger partial charge in [0.25, 0.3) is 5.91 Å². The summed E-state index contributed by atoms with van der Waals surface area (Å²) in [6.45, 7) is 0.287. The van der Waals surface area contributed by atoms with Crippen molar-refractivity contribution in [2.75, 3.05) is 6.54 Å². The van der Waals surface area contributed by atoms with Gasteiger partial charge in [-0.05, 0) is 37.1 Å². The van der Waals surface area contributed by atoms with Gasteiger partial charge in [0.15, 0.2) is 0 Å². The molecule has 0 radical (unpaired) electrons. The molecule has 4 nitrogen and oxygen atoms in total. The molecule has 1 fully saturated rings. The van der Waals surface area contributed by atoms with Gasteiger partial charge in [0, 0.05) is 22.6 Å². The highest BCUT2D eigenvalue weighted by Crippen LogP contribution is 2.28. The maximum absolute atomic E-state index is 12.3. The first-order chi connectivity index (χ1) is 8.58. The molecule has 1 aromatic carbocycles. The summed E-state index contributed by atoms with van der Waals surface area (Å²) >= 11 is 3.32. The van der Waals surface area contributed by atoms with Crippen LogP contribution >= 0.6 is 15.9 Å². The molecule has 0 aliphatic heterocycles. The van der Waals surface area contributed by atoms with E-state index in [1.807, 2.05) is 12.1 Å². The van der Waals surface area contributed by atoms with Gasteiger partial charge in [-0.3, -0.25) is 9.59 Å². The topological polar surface area (TPSA) is 57.6 Å². The van der Waals surface area contributed by atoms with Crippen molar-refractivity contribution in [2.24, 2.45) is 0 Å². The summed E-state index contributed by atoms with van der Waals surface area (Å²) in [5, 5.41) is 8.71. The van der Waals surface area contributed by atoms with Crippen molar-refractivity contribution >= 4 is 27.8 Å². The van der Waals surface area contributed by atoms with Gasteiger partial charge in [-0.15, -0.1) is 0 Å². The lowest BCUT2D eigenvalue weighted by molar-refractivity contribution is -0.137. The number of rotatable bonds is 5. The van der Waals surface area contributed by atoms with E-state index in [1.165, 1.54) is 0 Å². The van der Waals surface area contributed by atoms with Crippen LogP contribution in [0.1, 0.15) is 29.6 Å². The number of hydrogen-bond donors (Lipinski definition) is 1. The summed E-state index contributed by atoms with van der Waals surface area (Å²) in [5.74, 6) is -0.949. The third kappa shape index (κ3) is 3.32. The number of hydrogen-bond acceptors (Lipinski definition) is 2. The number of amides is 1. The second kappa shape index (κ2) is 5.52. The van der Waals surface area contributed by atoms with Crippen LogP contribution in [0.25, 0.3) is 0 Å². The molecule has 0 atom stereocenters. The number of aliphatic carboxylic acids is 1. The lowest BCUT2D eigenvalue weighted by Gasteiger charge is -2.21. The van der Waals surface area contributed by atoms with E-state index in [-0.39, 0.29) is 24.9 Å². The SMILES string of the molecule is O=C(O)CCN(C(=O)c1ccc(Br)cc1)C1CC1. The minimum atomic E-state index is -0.871. The Labute approximate surface area is 114 Å². The highest BCUT2D eigenvalue weighted by molar-refractivity contribution is 9.10. The van der Waals surface area contributed by atoms with Crippen LogP contribution in [0.4, 0.5) is 0 Å². The van der Waals surface area contributed by atoms with E-state index in [2.05, 4.69) is 15.9 Å². The van der Waals surface area contributed by atoms with Gasteiger partial charge >= 0.3 is 5.97 Å². The fourth-order valence-corrected chi connectivity index (χ4v) is 2.07. The van der Waals surface area contributed by atoms with E-state index in [4.69, 9.17) is 5.11 Å². The summed E-state index contributed by atoms with van der Waals surface area (Å²) in [6, 6.07) is 7.36. The van der Waals surface area contributed by atoms with Gasteiger partial charge in [0.05, 0.1) is 6.42 Å². The normalized spacial score (nSPS) is 14.3. The largest absolute Gasteiger partial charge is 0.481 e.